The molecule has 0 atom stereocenters. The third kappa shape index (κ3) is 8.22. The first-order valence-corrected chi connectivity index (χ1v) is 15.0. The number of hydrogen-bond donors (Lipinski definition) is 0. The molecule has 0 bridgehead atoms. The fourth-order valence-electron chi connectivity index (χ4n) is 5.62. The van der Waals surface area contributed by atoms with Crippen LogP contribution in [0.2, 0.25) is 0 Å². The van der Waals surface area contributed by atoms with Crippen molar-refractivity contribution in [2.24, 2.45) is 0 Å². The van der Waals surface area contributed by atoms with E-state index in [0.717, 1.165) is 0 Å². The fourth-order valence-corrected chi connectivity index (χ4v) is 5.62. The van der Waals surface area contributed by atoms with Crippen molar-refractivity contribution >= 4 is 0 Å². The van der Waals surface area contributed by atoms with Gasteiger partial charge in [0, 0.05) is 0 Å². The normalized spacial score (nSPS) is 10.2. The molecule has 0 aliphatic rings. The van der Waals surface area contributed by atoms with Crippen LogP contribution in [0, 0.1) is 138 Å². The number of hydrogen-bond acceptors (Lipinski definition) is 0. The second-order valence-electron chi connectivity index (χ2n) is 12.5. The molecule has 0 aromatic heterocycles. The van der Waals surface area contributed by atoms with Crippen LogP contribution < -0.4 is 0 Å². The summed E-state index contributed by atoms with van der Waals surface area (Å²) in [5, 5.41) is 0. The van der Waals surface area contributed by atoms with Crippen molar-refractivity contribution in [1.29, 1.82) is 0 Å². The fraction of sp³-hybridized carbons (Fsp3) is 0.500. The van der Waals surface area contributed by atoms with Gasteiger partial charge in [-0.25, -0.2) is 0 Å². The van der Waals surface area contributed by atoms with Gasteiger partial charge in [-0.15, -0.1) is 0 Å². The Balaban J connectivity index is 0.000000516. The summed E-state index contributed by atoms with van der Waals surface area (Å²) in [7, 11) is 0. The van der Waals surface area contributed by atoms with Gasteiger partial charge in [-0.1, -0.05) is 138 Å². The summed E-state index contributed by atoms with van der Waals surface area (Å²) in [5.41, 5.74) is 29.4. The van der Waals surface area contributed by atoms with Crippen molar-refractivity contribution in [3.8, 4) is 0 Å². The average molecular weight is 632 g/mol. The van der Waals surface area contributed by atoms with E-state index in [-0.39, 0.29) is 26.2 Å². The Hall–Kier alpha value is -1.72. The van der Waals surface area contributed by atoms with Crippen molar-refractivity contribution in [1.82, 2.24) is 0 Å². The van der Waals surface area contributed by atoms with E-state index in [1.165, 1.54) is 111 Å². The largest absolute Gasteiger partial charge is 4.00 e. The molecule has 0 aliphatic heterocycles. The summed E-state index contributed by atoms with van der Waals surface area (Å²) in [6, 6.07) is 0. The zero-order valence-electron chi connectivity index (χ0n) is 30.5. The zero-order valence-corrected chi connectivity index (χ0v) is 33.0. The van der Waals surface area contributed by atoms with Crippen LogP contribution in [-0.2, 0) is 26.2 Å². The first-order chi connectivity index (χ1) is 18.2. The molecule has 0 aliphatic carbocycles. The van der Waals surface area contributed by atoms with Crippen LogP contribution in [0.1, 0.15) is 111 Å². The molecule has 0 saturated carbocycles. The van der Waals surface area contributed by atoms with E-state index in [2.05, 4.69) is 138 Å². The van der Waals surface area contributed by atoms with E-state index >= 15 is 0 Å². The van der Waals surface area contributed by atoms with Crippen molar-refractivity contribution < 1.29 is 26.2 Å². The minimum absolute atomic E-state index is 0. The van der Waals surface area contributed by atoms with Gasteiger partial charge in [-0.3, -0.25) is 0 Å². The molecule has 0 fully saturated rings. The van der Waals surface area contributed by atoms with Crippen LogP contribution in [0.25, 0.3) is 0 Å². The molecule has 0 heterocycles. The third-order valence-corrected chi connectivity index (χ3v) is 11.2. The second kappa shape index (κ2) is 15.7. The molecular weight excluding hydrogens is 572 g/mol. The molecule has 4 aromatic rings. The Morgan fingerprint density at radius 3 is 0.317 bits per heavy atom. The quantitative estimate of drug-likeness (QED) is 0.169. The molecule has 4 aromatic carbocycles. The average Bonchev–Trinajstić information content (AvgIpc) is 3.37. The first kappa shape index (κ1) is 39.3. The van der Waals surface area contributed by atoms with E-state index in [1.807, 2.05) is 0 Å². The van der Waals surface area contributed by atoms with Gasteiger partial charge in [-0.05, 0) is 0 Å². The first-order valence-electron chi connectivity index (χ1n) is 15.0. The van der Waals surface area contributed by atoms with Gasteiger partial charge in [0.15, 0.2) is 0 Å². The molecule has 41 heavy (non-hydrogen) atoms. The second-order valence-corrected chi connectivity index (χ2v) is 12.5. The summed E-state index contributed by atoms with van der Waals surface area (Å²) < 4.78 is 0. The molecule has 0 radical (unpaired) electrons. The third-order valence-electron chi connectivity index (χ3n) is 11.2. The van der Waals surface area contributed by atoms with Crippen LogP contribution in [0.15, 0.2) is 0 Å². The summed E-state index contributed by atoms with van der Waals surface area (Å²) >= 11 is 0. The maximum absolute atomic E-state index is 2.20. The molecule has 0 saturated heterocycles. The Kier molecular flexibility index (Phi) is 15.0. The van der Waals surface area contributed by atoms with Gasteiger partial charge in [0.1, 0.15) is 0 Å². The van der Waals surface area contributed by atoms with Gasteiger partial charge in [0.2, 0.25) is 0 Å². The molecular formula is C40H60Zr. The Morgan fingerprint density at radius 1 is 0.220 bits per heavy atom. The standard InChI is InChI=1S/4C10H15.Zr/c4*1-6-7(2)9(4)10(5)8(6)3;/h4*1-5H3;/q4*-1;+4. The minimum atomic E-state index is 0. The van der Waals surface area contributed by atoms with Gasteiger partial charge in [0.05, 0.1) is 0 Å². The molecule has 4 rings (SSSR count). The summed E-state index contributed by atoms with van der Waals surface area (Å²) in [6.45, 7) is 44.0. The Morgan fingerprint density at radius 2 is 0.293 bits per heavy atom. The molecule has 0 amide bonds. The van der Waals surface area contributed by atoms with Crippen LogP contribution in [-0.4, -0.2) is 0 Å². The van der Waals surface area contributed by atoms with E-state index < -0.39 is 0 Å². The van der Waals surface area contributed by atoms with Gasteiger partial charge < -0.3 is 0 Å². The van der Waals surface area contributed by atoms with E-state index in [0.29, 0.717) is 0 Å². The van der Waals surface area contributed by atoms with Crippen molar-refractivity contribution in [2.75, 3.05) is 0 Å². The Labute approximate surface area is 274 Å². The predicted octanol–water partition coefficient (Wildman–Crippen LogP) is 11.8. The molecule has 0 unspecified atom stereocenters. The minimum Gasteiger partial charge on any atom is -0.196 e. The van der Waals surface area contributed by atoms with E-state index in [1.54, 1.807) is 0 Å². The maximum Gasteiger partial charge on any atom is 4.00 e. The summed E-state index contributed by atoms with van der Waals surface area (Å²) in [6.07, 6.45) is 0. The zero-order chi connectivity index (χ0) is 31.5. The smallest absolute Gasteiger partial charge is 0.196 e. The van der Waals surface area contributed by atoms with Crippen LogP contribution in [0.3, 0.4) is 0 Å². The monoisotopic (exact) mass is 630 g/mol. The van der Waals surface area contributed by atoms with Crippen LogP contribution >= 0.6 is 0 Å². The SMILES string of the molecule is Cc1c(C)c(C)[c-](C)c1C.Cc1c(C)c(C)[c-](C)c1C.Cc1c(C)c(C)[c-](C)c1C.Cc1c(C)c(C)[c-](C)c1C.[Zr+4]. The van der Waals surface area contributed by atoms with E-state index in [9.17, 15) is 0 Å². The molecule has 0 nitrogen and oxygen atoms in total. The van der Waals surface area contributed by atoms with Crippen LogP contribution in [0.4, 0.5) is 0 Å². The van der Waals surface area contributed by atoms with E-state index in [4.69, 9.17) is 0 Å². The van der Waals surface area contributed by atoms with Crippen molar-refractivity contribution in [3.05, 3.63) is 111 Å². The summed E-state index contributed by atoms with van der Waals surface area (Å²) in [4.78, 5) is 0. The summed E-state index contributed by atoms with van der Waals surface area (Å²) in [5.74, 6) is 0. The van der Waals surface area contributed by atoms with Gasteiger partial charge in [0.25, 0.3) is 0 Å². The predicted molar refractivity (Wildman–Crippen MR) is 183 cm³/mol. The molecule has 1 heteroatoms. The Bertz CT molecular complexity index is 917. The molecule has 0 N–H and O–H groups in total. The van der Waals surface area contributed by atoms with Gasteiger partial charge >= 0.3 is 26.2 Å². The van der Waals surface area contributed by atoms with Crippen molar-refractivity contribution in [3.63, 3.8) is 0 Å². The maximum atomic E-state index is 2.20. The molecule has 0 spiro atoms. The van der Waals surface area contributed by atoms with Gasteiger partial charge in [-0.2, -0.15) is 111 Å². The molecule has 224 valence electrons. The van der Waals surface area contributed by atoms with Crippen LogP contribution in [0.5, 0.6) is 0 Å². The van der Waals surface area contributed by atoms with Crippen molar-refractivity contribution in [2.45, 2.75) is 138 Å². The topological polar surface area (TPSA) is 0 Å². The number of rotatable bonds is 0.